The first-order valence-corrected chi connectivity index (χ1v) is 12.6. The molecule has 0 radical (unpaired) electrons. The molecule has 1 atom stereocenters. The van der Waals surface area contributed by atoms with Gasteiger partial charge >= 0.3 is 6.09 Å². The van der Waals surface area contributed by atoms with Crippen molar-refractivity contribution in [2.75, 3.05) is 10.8 Å². The average Bonchev–Trinajstić information content (AvgIpc) is 2.67. The lowest BCUT2D eigenvalue weighted by atomic mass is 10.1. The molecule has 0 saturated heterocycles. The van der Waals surface area contributed by atoms with Gasteiger partial charge in [0.25, 0.3) is 10.0 Å². The number of nitrogens with one attached hydrogen (secondary N) is 1. The number of alkyl carbamates (subject to hydrolysis) is 1. The quantitative estimate of drug-likeness (QED) is 0.400. The Morgan fingerprint density at radius 1 is 1.06 bits per heavy atom. The van der Waals surface area contributed by atoms with Gasteiger partial charge in [-0.25, -0.2) is 13.2 Å². The second-order valence-electron chi connectivity index (χ2n) is 8.27. The lowest BCUT2D eigenvalue weighted by Gasteiger charge is -2.31. The average molecular weight is 522 g/mol. The first-order valence-electron chi connectivity index (χ1n) is 10.0. The summed E-state index contributed by atoms with van der Waals surface area (Å²) >= 11 is 18.4. The molecule has 0 aromatic heterocycles. The summed E-state index contributed by atoms with van der Waals surface area (Å²) in [5.41, 5.74) is -0.314. The molecule has 0 aliphatic heterocycles. The van der Waals surface area contributed by atoms with Crippen LogP contribution in [0.5, 0.6) is 0 Å². The minimum Gasteiger partial charge on any atom is -0.444 e. The molecule has 2 aromatic carbocycles. The third kappa shape index (κ3) is 7.44. The fraction of sp³-hybridized carbons (Fsp3) is 0.409. The number of hydrogen-bond donors (Lipinski definition) is 1. The van der Waals surface area contributed by atoms with Gasteiger partial charge in [-0.2, -0.15) is 0 Å². The zero-order valence-corrected chi connectivity index (χ0v) is 21.4. The second kappa shape index (κ2) is 11.0. The first-order chi connectivity index (χ1) is 14.8. The number of anilines is 1. The van der Waals surface area contributed by atoms with E-state index >= 15 is 0 Å². The molecule has 0 fully saturated rings. The first kappa shape index (κ1) is 26.6. The summed E-state index contributed by atoms with van der Waals surface area (Å²) < 4.78 is 33.6. The maximum absolute atomic E-state index is 13.5. The molecule has 10 heteroatoms. The summed E-state index contributed by atoms with van der Waals surface area (Å²) in [6, 6.07) is 10.1. The number of rotatable bonds is 8. The molecule has 2 aromatic rings. The largest absolute Gasteiger partial charge is 0.444 e. The van der Waals surface area contributed by atoms with Gasteiger partial charge < -0.3 is 10.1 Å². The van der Waals surface area contributed by atoms with Crippen LogP contribution >= 0.6 is 34.8 Å². The molecule has 0 spiro atoms. The fourth-order valence-corrected chi connectivity index (χ4v) is 5.25. The number of sulfonamides is 1. The molecule has 1 amide bonds. The molecule has 0 saturated carbocycles. The van der Waals surface area contributed by atoms with Crippen LogP contribution in [-0.4, -0.2) is 32.7 Å². The van der Waals surface area contributed by atoms with Crippen molar-refractivity contribution in [2.24, 2.45) is 0 Å². The zero-order valence-electron chi connectivity index (χ0n) is 18.4. The van der Waals surface area contributed by atoms with Crippen molar-refractivity contribution < 1.29 is 17.9 Å². The predicted octanol–water partition coefficient (Wildman–Crippen LogP) is 6.54. The van der Waals surface area contributed by atoms with Crippen LogP contribution in [0.2, 0.25) is 15.1 Å². The van der Waals surface area contributed by atoms with E-state index in [2.05, 4.69) is 5.32 Å². The molecule has 0 unspecified atom stereocenters. The van der Waals surface area contributed by atoms with Gasteiger partial charge in [-0.05, 0) is 83.0 Å². The smallest absolute Gasteiger partial charge is 0.407 e. The molecular weight excluding hydrogens is 495 g/mol. The highest BCUT2D eigenvalue weighted by Gasteiger charge is 2.31. The summed E-state index contributed by atoms with van der Waals surface area (Å²) in [5, 5.41) is 3.72. The fourth-order valence-electron chi connectivity index (χ4n) is 3.00. The van der Waals surface area contributed by atoms with Gasteiger partial charge in [0.15, 0.2) is 0 Å². The Labute approximate surface area is 204 Å². The topological polar surface area (TPSA) is 75.7 Å². The van der Waals surface area contributed by atoms with E-state index in [4.69, 9.17) is 39.5 Å². The molecule has 32 heavy (non-hydrogen) atoms. The number of benzene rings is 2. The molecule has 0 bridgehead atoms. The van der Waals surface area contributed by atoms with E-state index in [0.717, 1.165) is 0 Å². The van der Waals surface area contributed by atoms with Gasteiger partial charge in [0.2, 0.25) is 0 Å². The Kier molecular flexibility index (Phi) is 9.11. The number of halogens is 3. The lowest BCUT2D eigenvalue weighted by molar-refractivity contribution is 0.0526. The number of hydrogen-bond acceptors (Lipinski definition) is 4. The van der Waals surface area contributed by atoms with E-state index in [1.807, 2.05) is 0 Å². The standard InChI is InChI=1S/C22H27Cl3N2O4S/c1-15(6-5-13-26-21(28)31-22(2,3)4)27(20-14-17(24)9-12-19(20)25)32(29,30)18-10-7-16(23)8-11-18/h7-12,14-15H,5-6,13H2,1-4H3,(H,26,28)/t15-/m1/s1. The maximum atomic E-state index is 13.5. The van der Waals surface area contributed by atoms with Gasteiger partial charge in [0, 0.05) is 22.6 Å². The highest BCUT2D eigenvalue weighted by atomic mass is 35.5. The van der Waals surface area contributed by atoms with Crippen LogP contribution in [0.3, 0.4) is 0 Å². The SMILES string of the molecule is C[C@H](CCCNC(=O)OC(C)(C)C)N(c1cc(Cl)ccc1Cl)S(=O)(=O)c1ccc(Cl)cc1. The van der Waals surface area contributed by atoms with Gasteiger partial charge in [-0.15, -0.1) is 0 Å². The summed E-state index contributed by atoms with van der Waals surface area (Å²) in [4.78, 5) is 11.9. The van der Waals surface area contributed by atoms with Crippen LogP contribution < -0.4 is 9.62 Å². The Morgan fingerprint density at radius 2 is 1.66 bits per heavy atom. The highest BCUT2D eigenvalue weighted by Crippen LogP contribution is 2.35. The normalized spacial score (nSPS) is 12.8. The van der Waals surface area contributed by atoms with Crippen LogP contribution in [-0.2, 0) is 14.8 Å². The minimum absolute atomic E-state index is 0.0803. The van der Waals surface area contributed by atoms with Crippen LogP contribution in [0.15, 0.2) is 47.4 Å². The van der Waals surface area contributed by atoms with Crippen LogP contribution in [0, 0.1) is 0 Å². The number of amides is 1. The Morgan fingerprint density at radius 3 is 2.25 bits per heavy atom. The van der Waals surface area contributed by atoms with Crippen molar-refractivity contribution in [1.82, 2.24) is 5.32 Å². The van der Waals surface area contributed by atoms with Crippen molar-refractivity contribution in [3.05, 3.63) is 57.5 Å². The lowest BCUT2D eigenvalue weighted by Crippen LogP contribution is -2.39. The summed E-state index contributed by atoms with van der Waals surface area (Å²) in [6.07, 6.45) is 0.449. The summed E-state index contributed by atoms with van der Waals surface area (Å²) in [5.74, 6) is 0. The Hall–Kier alpha value is -1.67. The van der Waals surface area contributed by atoms with Gasteiger partial charge in [0.05, 0.1) is 15.6 Å². The maximum Gasteiger partial charge on any atom is 0.407 e. The van der Waals surface area contributed by atoms with Crippen molar-refractivity contribution in [3.8, 4) is 0 Å². The minimum atomic E-state index is -3.97. The molecule has 1 N–H and O–H groups in total. The molecule has 2 rings (SSSR count). The van der Waals surface area contributed by atoms with Crippen molar-refractivity contribution in [3.63, 3.8) is 0 Å². The monoisotopic (exact) mass is 520 g/mol. The van der Waals surface area contributed by atoms with Crippen molar-refractivity contribution in [2.45, 2.75) is 57.1 Å². The van der Waals surface area contributed by atoms with Crippen LogP contribution in [0.4, 0.5) is 10.5 Å². The highest BCUT2D eigenvalue weighted by molar-refractivity contribution is 7.92. The third-order valence-corrected chi connectivity index (χ3v) is 7.13. The number of carbonyl (C=O) groups excluding carboxylic acids is 1. The Bertz CT molecular complexity index is 1040. The molecular formula is C22H27Cl3N2O4S. The van der Waals surface area contributed by atoms with E-state index in [1.165, 1.54) is 34.6 Å². The van der Waals surface area contributed by atoms with Crippen molar-refractivity contribution >= 4 is 56.6 Å². The van der Waals surface area contributed by atoms with Crippen LogP contribution in [0.25, 0.3) is 0 Å². The summed E-state index contributed by atoms with van der Waals surface area (Å²) in [6.45, 7) is 7.45. The van der Waals surface area contributed by atoms with E-state index < -0.39 is 27.8 Å². The molecule has 0 heterocycles. The van der Waals surface area contributed by atoms with E-state index in [0.29, 0.717) is 29.4 Å². The Balaban J connectivity index is 2.24. The molecule has 6 nitrogen and oxygen atoms in total. The van der Waals surface area contributed by atoms with E-state index in [1.54, 1.807) is 39.8 Å². The van der Waals surface area contributed by atoms with E-state index in [-0.39, 0.29) is 15.6 Å². The van der Waals surface area contributed by atoms with Gasteiger partial charge in [-0.1, -0.05) is 34.8 Å². The predicted molar refractivity (Wildman–Crippen MR) is 131 cm³/mol. The molecule has 0 aliphatic carbocycles. The number of ether oxygens (including phenoxy) is 1. The molecule has 176 valence electrons. The number of carbonyl (C=O) groups is 1. The second-order valence-corrected chi connectivity index (χ2v) is 11.4. The van der Waals surface area contributed by atoms with E-state index in [9.17, 15) is 13.2 Å². The zero-order chi connectivity index (χ0) is 24.1. The van der Waals surface area contributed by atoms with Crippen LogP contribution in [0.1, 0.15) is 40.5 Å². The van der Waals surface area contributed by atoms with Gasteiger partial charge in [0.1, 0.15) is 5.60 Å². The number of nitrogens with zero attached hydrogens (tertiary/aromatic N) is 1. The van der Waals surface area contributed by atoms with Crippen molar-refractivity contribution in [1.29, 1.82) is 0 Å². The third-order valence-electron chi connectivity index (χ3n) is 4.38. The summed E-state index contributed by atoms with van der Waals surface area (Å²) in [7, 11) is -3.97. The molecule has 0 aliphatic rings. The van der Waals surface area contributed by atoms with Gasteiger partial charge in [-0.3, -0.25) is 4.31 Å².